The Bertz CT molecular complexity index is 1000. The fourth-order valence-corrected chi connectivity index (χ4v) is 4.04. The first-order chi connectivity index (χ1) is 13.4. The smallest absolute Gasteiger partial charge is 0.260 e. The Morgan fingerprint density at radius 2 is 1.82 bits per heavy atom. The summed E-state index contributed by atoms with van der Waals surface area (Å²) in [5, 5.41) is 0.684. The van der Waals surface area contributed by atoms with Crippen molar-refractivity contribution in [2.24, 2.45) is 0 Å². The largest absolute Gasteiger partial charge is 0.454 e. The van der Waals surface area contributed by atoms with Crippen molar-refractivity contribution >= 4 is 32.6 Å². The van der Waals surface area contributed by atoms with Crippen LogP contribution < -0.4 is 14.4 Å². The van der Waals surface area contributed by atoms with Gasteiger partial charge in [-0.2, -0.15) is 0 Å². The maximum atomic E-state index is 13.3. The summed E-state index contributed by atoms with van der Waals surface area (Å²) in [5.74, 6) is 1.39. The number of aryl methyl sites for hydroxylation is 2. The number of ether oxygens (including phenoxy) is 2. The van der Waals surface area contributed by atoms with E-state index in [1.165, 1.54) is 16.9 Å². The van der Waals surface area contributed by atoms with Gasteiger partial charge in [-0.3, -0.25) is 9.69 Å². The molecular weight excluding hydrogens is 374 g/mol. The minimum Gasteiger partial charge on any atom is -0.454 e. The number of carbonyl (C=O) groups is 1. The second-order valence-electron chi connectivity index (χ2n) is 7.23. The van der Waals surface area contributed by atoms with E-state index < -0.39 is 0 Å². The molecule has 2 aromatic carbocycles. The van der Waals surface area contributed by atoms with Gasteiger partial charge >= 0.3 is 0 Å². The minimum atomic E-state index is -0.0379. The molecule has 6 nitrogen and oxygen atoms in total. The zero-order valence-corrected chi connectivity index (χ0v) is 17.3. The molecular formula is C21H23N3O3S. The van der Waals surface area contributed by atoms with E-state index in [4.69, 9.17) is 14.5 Å². The minimum absolute atomic E-state index is 0.0379. The van der Waals surface area contributed by atoms with Crippen LogP contribution in [0.1, 0.15) is 21.5 Å². The molecule has 1 amide bonds. The molecule has 0 atom stereocenters. The number of rotatable bonds is 5. The Balaban J connectivity index is 1.72. The van der Waals surface area contributed by atoms with E-state index >= 15 is 0 Å². The van der Waals surface area contributed by atoms with E-state index in [9.17, 15) is 4.79 Å². The van der Waals surface area contributed by atoms with Crippen molar-refractivity contribution in [3.05, 3.63) is 47.0 Å². The summed E-state index contributed by atoms with van der Waals surface area (Å²) in [7, 11) is 3.99. The molecule has 0 saturated heterocycles. The summed E-state index contributed by atoms with van der Waals surface area (Å²) in [6.07, 6.45) is 0. The molecule has 0 spiro atoms. The van der Waals surface area contributed by atoms with Crippen LogP contribution in [0.15, 0.2) is 30.3 Å². The summed E-state index contributed by atoms with van der Waals surface area (Å²) < 4.78 is 11.9. The predicted octanol–water partition coefficient (Wildman–Crippen LogP) is 3.85. The monoisotopic (exact) mass is 397 g/mol. The number of carbonyl (C=O) groups excluding carboxylic acids is 1. The lowest BCUT2D eigenvalue weighted by atomic mass is 10.1. The predicted molar refractivity (Wildman–Crippen MR) is 112 cm³/mol. The number of nitrogens with zero attached hydrogens (tertiary/aromatic N) is 3. The summed E-state index contributed by atoms with van der Waals surface area (Å²) in [6.45, 7) is 5.61. The van der Waals surface area contributed by atoms with Crippen molar-refractivity contribution in [3.8, 4) is 11.5 Å². The van der Waals surface area contributed by atoms with E-state index in [1.54, 1.807) is 4.90 Å². The number of thiazole rings is 1. The highest BCUT2D eigenvalue weighted by Crippen LogP contribution is 2.40. The molecule has 0 radical (unpaired) electrons. The van der Waals surface area contributed by atoms with Crippen LogP contribution in [-0.2, 0) is 0 Å². The number of likely N-dealkylation sites (N-methyl/N-ethyl adjacent to an activating group) is 1. The molecule has 1 aliphatic rings. The lowest BCUT2D eigenvalue weighted by Gasteiger charge is -2.22. The highest BCUT2D eigenvalue weighted by molar-refractivity contribution is 7.22. The molecule has 146 valence electrons. The average Bonchev–Trinajstić information content (AvgIpc) is 3.27. The molecule has 0 N–H and O–H groups in total. The van der Waals surface area contributed by atoms with Crippen LogP contribution in [0.2, 0.25) is 0 Å². The number of hydrogen-bond acceptors (Lipinski definition) is 6. The van der Waals surface area contributed by atoms with Crippen molar-refractivity contribution in [1.82, 2.24) is 9.88 Å². The first-order valence-electron chi connectivity index (χ1n) is 9.16. The van der Waals surface area contributed by atoms with E-state index in [2.05, 4.69) is 4.90 Å². The van der Waals surface area contributed by atoms with Crippen LogP contribution in [0.5, 0.6) is 11.5 Å². The summed E-state index contributed by atoms with van der Waals surface area (Å²) in [4.78, 5) is 21.9. The zero-order chi connectivity index (χ0) is 19.8. The van der Waals surface area contributed by atoms with Gasteiger partial charge in [0.15, 0.2) is 16.6 Å². The standard InChI is InChI=1S/C21H23N3O3S/c1-13-5-6-15(9-14(13)2)20(25)24(8-7-23(3)4)21-22-16-10-17-18(27-12-26-17)11-19(16)28-21/h5-6,9-11H,7-8,12H2,1-4H3. The maximum Gasteiger partial charge on any atom is 0.260 e. The molecule has 0 aliphatic carbocycles. The Morgan fingerprint density at radius 1 is 1.07 bits per heavy atom. The van der Waals surface area contributed by atoms with Crippen molar-refractivity contribution in [1.29, 1.82) is 0 Å². The van der Waals surface area contributed by atoms with Gasteiger partial charge in [0.1, 0.15) is 0 Å². The number of hydrogen-bond donors (Lipinski definition) is 0. The van der Waals surface area contributed by atoms with Gasteiger partial charge in [0.2, 0.25) is 6.79 Å². The van der Waals surface area contributed by atoms with Gasteiger partial charge in [-0.1, -0.05) is 17.4 Å². The Hall–Kier alpha value is -2.64. The lowest BCUT2D eigenvalue weighted by Crippen LogP contribution is -2.36. The molecule has 28 heavy (non-hydrogen) atoms. The third-order valence-electron chi connectivity index (χ3n) is 4.87. The first kappa shape index (κ1) is 18.7. The van der Waals surface area contributed by atoms with Crippen LogP contribution in [0.4, 0.5) is 5.13 Å². The van der Waals surface area contributed by atoms with Crippen molar-refractivity contribution in [2.75, 3.05) is 38.9 Å². The topological polar surface area (TPSA) is 54.9 Å². The third-order valence-corrected chi connectivity index (χ3v) is 5.91. The van der Waals surface area contributed by atoms with Crippen LogP contribution in [0.3, 0.4) is 0 Å². The van der Waals surface area contributed by atoms with Crippen molar-refractivity contribution in [3.63, 3.8) is 0 Å². The fourth-order valence-electron chi connectivity index (χ4n) is 3.04. The van der Waals surface area contributed by atoms with Crippen molar-refractivity contribution in [2.45, 2.75) is 13.8 Å². The average molecular weight is 398 g/mol. The number of fused-ring (bicyclic) bond motifs is 2. The van der Waals surface area contributed by atoms with Gasteiger partial charge in [0, 0.05) is 30.8 Å². The summed E-state index contributed by atoms with van der Waals surface area (Å²) in [6, 6.07) is 9.64. The van der Waals surface area contributed by atoms with E-state index in [1.807, 2.05) is 58.3 Å². The molecule has 3 aromatic rings. The van der Waals surface area contributed by atoms with Gasteiger partial charge in [0.05, 0.1) is 10.2 Å². The number of aromatic nitrogens is 1. The van der Waals surface area contributed by atoms with Gasteiger partial charge in [-0.15, -0.1) is 0 Å². The number of amides is 1. The van der Waals surface area contributed by atoms with Crippen LogP contribution >= 0.6 is 11.3 Å². The molecule has 7 heteroatoms. The molecule has 0 saturated carbocycles. The third kappa shape index (κ3) is 3.55. The van der Waals surface area contributed by atoms with Crippen LogP contribution in [0, 0.1) is 13.8 Å². The molecule has 0 bridgehead atoms. The molecule has 1 aromatic heterocycles. The van der Waals surface area contributed by atoms with Gasteiger partial charge < -0.3 is 14.4 Å². The first-order valence-corrected chi connectivity index (χ1v) is 9.98. The second kappa shape index (κ2) is 7.41. The Labute approximate surface area is 168 Å². The Morgan fingerprint density at radius 3 is 2.54 bits per heavy atom. The second-order valence-corrected chi connectivity index (χ2v) is 8.24. The summed E-state index contributed by atoms with van der Waals surface area (Å²) >= 11 is 1.49. The van der Waals surface area contributed by atoms with Gasteiger partial charge in [-0.25, -0.2) is 4.98 Å². The van der Waals surface area contributed by atoms with Crippen molar-refractivity contribution < 1.29 is 14.3 Å². The zero-order valence-electron chi connectivity index (χ0n) is 16.5. The molecule has 4 rings (SSSR count). The number of anilines is 1. The molecule has 0 unspecified atom stereocenters. The summed E-state index contributed by atoms with van der Waals surface area (Å²) in [5.41, 5.74) is 3.77. The molecule has 2 heterocycles. The highest BCUT2D eigenvalue weighted by atomic mass is 32.1. The van der Waals surface area contributed by atoms with E-state index in [-0.39, 0.29) is 12.7 Å². The quantitative estimate of drug-likeness (QED) is 0.655. The lowest BCUT2D eigenvalue weighted by molar-refractivity contribution is 0.0985. The van der Waals surface area contributed by atoms with E-state index in [0.29, 0.717) is 23.0 Å². The van der Waals surface area contributed by atoms with Crippen LogP contribution in [-0.4, -0.2) is 49.8 Å². The van der Waals surface area contributed by atoms with Crippen LogP contribution in [0.25, 0.3) is 10.2 Å². The Kier molecular flexibility index (Phi) is 4.95. The normalized spacial score (nSPS) is 12.8. The highest BCUT2D eigenvalue weighted by Gasteiger charge is 2.23. The molecule has 0 fully saturated rings. The fraction of sp³-hybridized carbons (Fsp3) is 0.333. The maximum absolute atomic E-state index is 13.3. The SMILES string of the molecule is Cc1ccc(C(=O)N(CCN(C)C)c2nc3cc4c(cc3s2)OCO4)cc1C. The van der Waals surface area contributed by atoms with E-state index in [0.717, 1.165) is 28.1 Å². The molecule has 1 aliphatic heterocycles. The van der Waals surface area contributed by atoms with Gasteiger partial charge in [0.25, 0.3) is 5.91 Å². The number of benzene rings is 2. The van der Waals surface area contributed by atoms with Gasteiger partial charge in [-0.05, 0) is 51.2 Å².